The first-order chi connectivity index (χ1) is 16.8. The molecule has 0 atom stereocenters. The van der Waals surface area contributed by atoms with Gasteiger partial charge in [0.25, 0.3) is 0 Å². The normalized spacial score (nSPS) is 10.9. The van der Waals surface area contributed by atoms with Crippen LogP contribution in [0, 0.1) is 0 Å². The molecule has 0 spiro atoms. The Hall–Kier alpha value is -4.02. The quantitative estimate of drug-likeness (QED) is 0.285. The first-order valence-electron chi connectivity index (χ1n) is 11.3. The summed E-state index contributed by atoms with van der Waals surface area (Å²) in [5.74, 6) is 1.72. The van der Waals surface area contributed by atoms with E-state index in [1.54, 1.807) is 6.08 Å². The van der Waals surface area contributed by atoms with Crippen molar-refractivity contribution in [2.45, 2.75) is 19.8 Å². The number of hydrogen-bond acceptors (Lipinski definition) is 4. The van der Waals surface area contributed by atoms with Gasteiger partial charge in [0.1, 0.15) is 19.8 Å². The van der Waals surface area contributed by atoms with Crippen LogP contribution < -0.4 is 14.2 Å². The first kappa shape index (κ1) is 23.1. The van der Waals surface area contributed by atoms with E-state index < -0.39 is 0 Å². The van der Waals surface area contributed by atoms with E-state index in [9.17, 15) is 5.11 Å². The maximum absolute atomic E-state index is 9.26. The van der Waals surface area contributed by atoms with Crippen molar-refractivity contribution in [1.29, 1.82) is 0 Å². The minimum Gasteiger partial charge on any atom is -0.485 e. The predicted molar refractivity (Wildman–Crippen MR) is 135 cm³/mol. The van der Waals surface area contributed by atoms with Crippen molar-refractivity contribution in [3.63, 3.8) is 0 Å². The Morgan fingerprint density at radius 3 is 1.38 bits per heavy atom. The molecule has 0 radical (unpaired) electrons. The lowest BCUT2D eigenvalue weighted by Crippen LogP contribution is -2.04. The summed E-state index contributed by atoms with van der Waals surface area (Å²) in [5, 5.41) is 9.26. The summed E-state index contributed by atoms with van der Waals surface area (Å²) >= 11 is 0. The summed E-state index contributed by atoms with van der Waals surface area (Å²) in [5.41, 5.74) is 4.01. The Bertz CT molecular complexity index is 1110. The highest BCUT2D eigenvalue weighted by molar-refractivity contribution is 5.62. The topological polar surface area (TPSA) is 47.9 Å². The molecule has 4 aromatic carbocycles. The number of hydrogen-bond donors (Lipinski definition) is 1. The van der Waals surface area contributed by atoms with Crippen molar-refractivity contribution < 1.29 is 19.3 Å². The van der Waals surface area contributed by atoms with Crippen LogP contribution in [0.1, 0.15) is 22.3 Å². The number of aliphatic hydroxyl groups excluding tert-OH is 1. The SMILES string of the molecule is OCC=Cc1cc(OCc2ccccc2)c(OCc2ccccc2)c(OCc2ccccc2)c1. The molecule has 4 aromatic rings. The Labute approximate surface area is 200 Å². The summed E-state index contributed by atoms with van der Waals surface area (Å²) in [6, 6.07) is 33.8. The van der Waals surface area contributed by atoms with Crippen LogP contribution in [0.5, 0.6) is 17.2 Å². The monoisotopic (exact) mass is 452 g/mol. The third-order valence-corrected chi connectivity index (χ3v) is 5.16. The molecule has 4 heteroatoms. The molecule has 0 aliphatic rings. The number of ether oxygens (including phenoxy) is 3. The maximum atomic E-state index is 9.26. The van der Waals surface area contributed by atoms with E-state index in [1.165, 1.54) is 0 Å². The molecule has 172 valence electrons. The third-order valence-electron chi connectivity index (χ3n) is 5.16. The van der Waals surface area contributed by atoms with Gasteiger partial charge < -0.3 is 19.3 Å². The molecule has 0 amide bonds. The van der Waals surface area contributed by atoms with Crippen LogP contribution >= 0.6 is 0 Å². The van der Waals surface area contributed by atoms with E-state index in [0.29, 0.717) is 37.1 Å². The summed E-state index contributed by atoms with van der Waals surface area (Å²) in [6.07, 6.45) is 3.52. The van der Waals surface area contributed by atoms with Crippen LogP contribution in [0.3, 0.4) is 0 Å². The second-order valence-electron chi connectivity index (χ2n) is 7.75. The summed E-state index contributed by atoms with van der Waals surface area (Å²) in [4.78, 5) is 0. The van der Waals surface area contributed by atoms with E-state index in [1.807, 2.05) is 109 Å². The largest absolute Gasteiger partial charge is 0.485 e. The highest BCUT2D eigenvalue weighted by Gasteiger charge is 2.16. The Balaban J connectivity index is 1.65. The second kappa shape index (κ2) is 12.3. The molecule has 0 bridgehead atoms. The van der Waals surface area contributed by atoms with Crippen molar-refractivity contribution in [3.05, 3.63) is 131 Å². The van der Waals surface area contributed by atoms with Crippen molar-refractivity contribution in [3.8, 4) is 17.2 Å². The molecular formula is C30H28O4. The van der Waals surface area contributed by atoms with Crippen LogP contribution in [-0.4, -0.2) is 11.7 Å². The lowest BCUT2D eigenvalue weighted by molar-refractivity contribution is 0.230. The summed E-state index contributed by atoms with van der Waals surface area (Å²) < 4.78 is 18.7. The highest BCUT2D eigenvalue weighted by Crippen LogP contribution is 2.40. The zero-order chi connectivity index (χ0) is 23.4. The maximum Gasteiger partial charge on any atom is 0.203 e. The van der Waals surface area contributed by atoms with Crippen LogP contribution in [0.2, 0.25) is 0 Å². The molecule has 0 saturated carbocycles. The summed E-state index contributed by atoms with van der Waals surface area (Å²) in [7, 11) is 0. The van der Waals surface area contributed by atoms with Crippen molar-refractivity contribution in [1.82, 2.24) is 0 Å². The third kappa shape index (κ3) is 6.74. The molecule has 0 aliphatic carbocycles. The predicted octanol–water partition coefficient (Wildman–Crippen LogP) is 6.43. The first-order valence-corrected chi connectivity index (χ1v) is 11.3. The van der Waals surface area contributed by atoms with Crippen LogP contribution in [0.25, 0.3) is 6.08 Å². The van der Waals surface area contributed by atoms with Gasteiger partial charge in [-0.2, -0.15) is 0 Å². The summed E-state index contributed by atoms with van der Waals surface area (Å²) in [6.45, 7) is 1.13. The van der Waals surface area contributed by atoms with Crippen LogP contribution in [-0.2, 0) is 19.8 Å². The van der Waals surface area contributed by atoms with E-state index in [-0.39, 0.29) is 6.61 Å². The molecule has 0 unspecified atom stereocenters. The van der Waals surface area contributed by atoms with Gasteiger partial charge in [-0.25, -0.2) is 0 Å². The molecule has 4 rings (SSSR count). The average Bonchev–Trinajstić information content (AvgIpc) is 2.90. The molecule has 0 aromatic heterocycles. The Morgan fingerprint density at radius 2 is 0.971 bits per heavy atom. The van der Waals surface area contributed by atoms with E-state index in [2.05, 4.69) is 0 Å². The van der Waals surface area contributed by atoms with E-state index in [0.717, 1.165) is 22.3 Å². The molecule has 0 heterocycles. The van der Waals surface area contributed by atoms with Gasteiger partial charge >= 0.3 is 0 Å². The van der Waals surface area contributed by atoms with E-state index >= 15 is 0 Å². The van der Waals surface area contributed by atoms with E-state index in [4.69, 9.17) is 14.2 Å². The number of aliphatic hydroxyl groups is 1. The minimum atomic E-state index is -0.0489. The van der Waals surface area contributed by atoms with Crippen molar-refractivity contribution >= 4 is 6.08 Å². The van der Waals surface area contributed by atoms with Crippen LogP contribution in [0.4, 0.5) is 0 Å². The Morgan fingerprint density at radius 1 is 0.559 bits per heavy atom. The zero-order valence-corrected chi connectivity index (χ0v) is 19.0. The van der Waals surface area contributed by atoms with Gasteiger partial charge in [-0.15, -0.1) is 0 Å². The van der Waals surface area contributed by atoms with Gasteiger partial charge in [0, 0.05) is 0 Å². The zero-order valence-electron chi connectivity index (χ0n) is 19.0. The highest BCUT2D eigenvalue weighted by atomic mass is 16.5. The lowest BCUT2D eigenvalue weighted by atomic mass is 10.1. The van der Waals surface area contributed by atoms with Gasteiger partial charge in [0.15, 0.2) is 11.5 Å². The van der Waals surface area contributed by atoms with Gasteiger partial charge in [0.05, 0.1) is 6.61 Å². The molecule has 4 nitrogen and oxygen atoms in total. The molecule has 0 fully saturated rings. The average molecular weight is 453 g/mol. The fourth-order valence-corrected chi connectivity index (χ4v) is 3.44. The van der Waals surface area contributed by atoms with Gasteiger partial charge in [0.2, 0.25) is 5.75 Å². The smallest absolute Gasteiger partial charge is 0.203 e. The fourth-order valence-electron chi connectivity index (χ4n) is 3.44. The molecular weight excluding hydrogens is 424 g/mol. The molecule has 0 saturated heterocycles. The minimum absolute atomic E-state index is 0.0489. The molecule has 0 aliphatic heterocycles. The van der Waals surface area contributed by atoms with Gasteiger partial charge in [-0.1, -0.05) is 103 Å². The number of benzene rings is 4. The lowest BCUT2D eigenvalue weighted by Gasteiger charge is -2.18. The standard InChI is InChI=1S/C30H28O4/c31-18-10-17-27-19-28(32-21-24-11-4-1-5-12-24)30(34-23-26-15-8-3-9-16-26)29(20-27)33-22-25-13-6-2-7-14-25/h1-17,19-20,31H,18,21-23H2. The van der Waals surface area contributed by atoms with Crippen LogP contribution in [0.15, 0.2) is 109 Å². The van der Waals surface area contributed by atoms with Crippen molar-refractivity contribution in [2.24, 2.45) is 0 Å². The van der Waals surface area contributed by atoms with Gasteiger partial charge in [-0.3, -0.25) is 0 Å². The van der Waals surface area contributed by atoms with Gasteiger partial charge in [-0.05, 0) is 34.4 Å². The fraction of sp³-hybridized carbons (Fsp3) is 0.133. The second-order valence-corrected chi connectivity index (χ2v) is 7.75. The van der Waals surface area contributed by atoms with Crippen molar-refractivity contribution in [2.75, 3.05) is 6.61 Å². The molecule has 34 heavy (non-hydrogen) atoms. The molecule has 1 N–H and O–H groups in total. The Kier molecular flexibility index (Phi) is 8.36. The number of rotatable bonds is 11.